The molecule has 104 valence electrons. The van der Waals surface area contributed by atoms with Gasteiger partial charge in [0, 0.05) is 6.04 Å². The van der Waals surface area contributed by atoms with E-state index in [-0.39, 0.29) is 6.04 Å². The summed E-state index contributed by atoms with van der Waals surface area (Å²) < 4.78 is 0. The smallest absolute Gasteiger partial charge is 0.0945 e. The van der Waals surface area contributed by atoms with Crippen molar-refractivity contribution in [3.63, 3.8) is 0 Å². The number of hydrogen-bond acceptors (Lipinski definition) is 2. The highest BCUT2D eigenvalue weighted by Crippen LogP contribution is 2.51. The van der Waals surface area contributed by atoms with Gasteiger partial charge in [0.25, 0.3) is 0 Å². The van der Waals surface area contributed by atoms with Crippen molar-refractivity contribution in [1.82, 2.24) is 0 Å². The minimum Gasteiger partial charge on any atom is -0.385 e. The van der Waals surface area contributed by atoms with Gasteiger partial charge in [-0.3, -0.25) is 0 Å². The van der Waals surface area contributed by atoms with Gasteiger partial charge in [-0.05, 0) is 48.1 Å². The zero-order chi connectivity index (χ0) is 13.6. The molecule has 2 nitrogen and oxygen atoms in total. The third-order valence-electron chi connectivity index (χ3n) is 5.63. The highest BCUT2D eigenvalue weighted by atomic mass is 16.3. The van der Waals surface area contributed by atoms with Crippen LogP contribution in [0.25, 0.3) is 0 Å². The Morgan fingerprint density at radius 3 is 2.63 bits per heavy atom. The minimum absolute atomic E-state index is 0.00384. The minimum atomic E-state index is -0.690. The van der Waals surface area contributed by atoms with E-state index in [1.165, 1.54) is 6.42 Å². The second kappa shape index (κ2) is 4.60. The molecule has 3 N–H and O–H groups in total. The van der Waals surface area contributed by atoms with E-state index in [0.717, 1.165) is 29.9 Å². The molecular weight excluding hydrogens is 234 g/mol. The topological polar surface area (TPSA) is 46.2 Å². The Morgan fingerprint density at radius 1 is 1.16 bits per heavy atom. The van der Waals surface area contributed by atoms with E-state index in [0.29, 0.717) is 18.3 Å². The first kappa shape index (κ1) is 13.1. The van der Waals surface area contributed by atoms with Crippen molar-refractivity contribution >= 4 is 0 Å². The molecule has 0 aromatic heterocycles. The number of benzene rings is 1. The average Bonchev–Trinajstić information content (AvgIpc) is 2.67. The van der Waals surface area contributed by atoms with Crippen molar-refractivity contribution in [3.8, 4) is 0 Å². The van der Waals surface area contributed by atoms with E-state index in [4.69, 9.17) is 5.73 Å². The van der Waals surface area contributed by atoms with E-state index in [1.54, 1.807) is 0 Å². The molecule has 5 atom stereocenters. The van der Waals surface area contributed by atoms with Gasteiger partial charge in [0.2, 0.25) is 0 Å². The van der Waals surface area contributed by atoms with Gasteiger partial charge in [-0.25, -0.2) is 0 Å². The summed E-state index contributed by atoms with van der Waals surface area (Å²) in [5.41, 5.74) is 7.78. The number of fused-ring (bicyclic) bond motifs is 1. The molecule has 0 saturated heterocycles. The van der Waals surface area contributed by atoms with Gasteiger partial charge in [-0.1, -0.05) is 44.5 Å². The first-order chi connectivity index (χ1) is 9.02. The maximum absolute atomic E-state index is 11.3. The monoisotopic (exact) mass is 259 g/mol. The summed E-state index contributed by atoms with van der Waals surface area (Å²) in [6.45, 7) is 4.65. The Balaban J connectivity index is 1.92. The van der Waals surface area contributed by atoms with Gasteiger partial charge >= 0.3 is 0 Å². The summed E-state index contributed by atoms with van der Waals surface area (Å²) in [5, 5.41) is 11.3. The zero-order valence-electron chi connectivity index (χ0n) is 12.0. The predicted molar refractivity (Wildman–Crippen MR) is 77.6 cm³/mol. The molecule has 5 unspecified atom stereocenters. The Hall–Kier alpha value is -0.860. The molecule has 0 heterocycles. The molecule has 0 bridgehead atoms. The first-order valence-corrected chi connectivity index (χ1v) is 7.59. The number of hydrogen-bond donors (Lipinski definition) is 2. The molecule has 0 aliphatic heterocycles. The molecule has 19 heavy (non-hydrogen) atoms. The van der Waals surface area contributed by atoms with Gasteiger partial charge in [-0.2, -0.15) is 0 Å². The Bertz CT molecular complexity index is 472. The van der Waals surface area contributed by atoms with E-state index >= 15 is 0 Å². The maximum atomic E-state index is 11.3. The second-order valence-corrected chi connectivity index (χ2v) is 6.79. The van der Waals surface area contributed by atoms with Gasteiger partial charge in [0.15, 0.2) is 0 Å². The van der Waals surface area contributed by atoms with Gasteiger partial charge < -0.3 is 10.8 Å². The second-order valence-electron chi connectivity index (χ2n) is 6.79. The van der Waals surface area contributed by atoms with E-state index in [2.05, 4.69) is 26.0 Å². The van der Waals surface area contributed by atoms with Crippen LogP contribution in [0.5, 0.6) is 0 Å². The first-order valence-electron chi connectivity index (χ1n) is 7.59. The highest BCUT2D eigenvalue weighted by molar-refractivity contribution is 5.40. The quantitative estimate of drug-likeness (QED) is 0.812. The standard InChI is InChI=1S/C17H25NO/c1-11-7-8-13(9-12(11)2)17(19)10-16(18)14-5-3-4-6-15(14)17/h3-6,11-13,16,19H,7-10,18H2,1-2H3. The molecular formula is C17H25NO. The summed E-state index contributed by atoms with van der Waals surface area (Å²) in [4.78, 5) is 0. The maximum Gasteiger partial charge on any atom is 0.0945 e. The van der Waals surface area contributed by atoms with Crippen LogP contribution in [-0.2, 0) is 5.60 Å². The molecule has 1 aromatic carbocycles. The van der Waals surface area contributed by atoms with E-state index in [1.807, 2.05) is 12.1 Å². The van der Waals surface area contributed by atoms with Gasteiger partial charge in [0.05, 0.1) is 5.60 Å². The van der Waals surface area contributed by atoms with E-state index in [9.17, 15) is 5.11 Å². The molecule has 1 aromatic rings. The SMILES string of the molecule is CC1CCC(C2(O)CC(N)c3ccccc32)CC1C. The number of nitrogens with two attached hydrogens (primary N) is 1. The van der Waals surface area contributed by atoms with Crippen molar-refractivity contribution in [1.29, 1.82) is 0 Å². The lowest BCUT2D eigenvalue weighted by molar-refractivity contribution is -0.0542. The van der Waals surface area contributed by atoms with Crippen LogP contribution < -0.4 is 5.73 Å². The van der Waals surface area contributed by atoms with Crippen molar-refractivity contribution in [2.45, 2.75) is 51.2 Å². The van der Waals surface area contributed by atoms with Crippen LogP contribution >= 0.6 is 0 Å². The summed E-state index contributed by atoms with van der Waals surface area (Å²) in [5.74, 6) is 1.85. The third-order valence-corrected chi connectivity index (χ3v) is 5.63. The van der Waals surface area contributed by atoms with Crippen molar-refractivity contribution in [2.24, 2.45) is 23.5 Å². The molecule has 2 aliphatic carbocycles. The van der Waals surface area contributed by atoms with Crippen molar-refractivity contribution < 1.29 is 5.11 Å². The summed E-state index contributed by atoms with van der Waals surface area (Å²) in [6, 6.07) is 8.20. The molecule has 0 spiro atoms. The van der Waals surface area contributed by atoms with Crippen LogP contribution in [0.4, 0.5) is 0 Å². The highest BCUT2D eigenvalue weighted by Gasteiger charge is 2.47. The molecule has 3 rings (SSSR count). The van der Waals surface area contributed by atoms with Gasteiger partial charge in [0.1, 0.15) is 0 Å². The summed E-state index contributed by atoms with van der Waals surface area (Å²) in [7, 11) is 0. The van der Waals surface area contributed by atoms with Gasteiger partial charge in [-0.15, -0.1) is 0 Å². The third kappa shape index (κ3) is 2.02. The van der Waals surface area contributed by atoms with E-state index < -0.39 is 5.60 Å². The molecule has 0 radical (unpaired) electrons. The number of aliphatic hydroxyl groups is 1. The van der Waals surface area contributed by atoms with Crippen LogP contribution in [-0.4, -0.2) is 5.11 Å². The van der Waals surface area contributed by atoms with Crippen molar-refractivity contribution in [2.75, 3.05) is 0 Å². The molecule has 1 fully saturated rings. The fraction of sp³-hybridized carbons (Fsp3) is 0.647. The fourth-order valence-corrected chi connectivity index (χ4v) is 4.14. The molecule has 2 aliphatic rings. The average molecular weight is 259 g/mol. The summed E-state index contributed by atoms with van der Waals surface area (Å²) in [6.07, 6.45) is 4.17. The van der Waals surface area contributed by atoms with Crippen LogP contribution in [0.1, 0.15) is 56.7 Å². The Morgan fingerprint density at radius 2 is 1.89 bits per heavy atom. The fourth-order valence-electron chi connectivity index (χ4n) is 4.14. The molecule has 2 heteroatoms. The Labute approximate surface area is 116 Å². The lowest BCUT2D eigenvalue weighted by Crippen LogP contribution is -2.38. The molecule has 0 amide bonds. The zero-order valence-corrected chi connectivity index (χ0v) is 12.0. The predicted octanol–water partition coefficient (Wildman–Crippen LogP) is 3.35. The van der Waals surface area contributed by atoms with Crippen LogP contribution in [0.15, 0.2) is 24.3 Å². The normalized spacial score (nSPS) is 42.1. The van der Waals surface area contributed by atoms with Crippen molar-refractivity contribution in [3.05, 3.63) is 35.4 Å². The van der Waals surface area contributed by atoms with Crippen LogP contribution in [0.2, 0.25) is 0 Å². The summed E-state index contributed by atoms with van der Waals surface area (Å²) >= 11 is 0. The lowest BCUT2D eigenvalue weighted by Gasteiger charge is -2.41. The van der Waals surface area contributed by atoms with Crippen LogP contribution in [0, 0.1) is 17.8 Å². The van der Waals surface area contributed by atoms with Crippen LogP contribution in [0.3, 0.4) is 0 Å². The number of rotatable bonds is 1. The Kier molecular flexibility index (Phi) is 3.18. The molecule has 1 saturated carbocycles. The lowest BCUT2D eigenvalue weighted by atomic mass is 9.67. The largest absolute Gasteiger partial charge is 0.385 e.